The van der Waals surface area contributed by atoms with Gasteiger partial charge in [0.05, 0.1) is 0 Å². The number of benzene rings is 2. The van der Waals surface area contributed by atoms with Crippen molar-refractivity contribution in [2.75, 3.05) is 7.05 Å². The molecule has 7 nitrogen and oxygen atoms in total. The van der Waals surface area contributed by atoms with Crippen molar-refractivity contribution in [3.8, 4) is 0 Å². The van der Waals surface area contributed by atoms with E-state index < -0.39 is 23.8 Å². The van der Waals surface area contributed by atoms with E-state index >= 15 is 0 Å². The Balaban J connectivity index is 1.93. The molecule has 3 amide bonds. The van der Waals surface area contributed by atoms with E-state index in [0.717, 1.165) is 47.9 Å². The Labute approximate surface area is 227 Å². The highest BCUT2D eigenvalue weighted by Crippen LogP contribution is 2.28. The van der Waals surface area contributed by atoms with Crippen molar-refractivity contribution >= 4 is 17.9 Å². The topological polar surface area (TPSA) is 87.7 Å². The van der Waals surface area contributed by atoms with E-state index in [4.69, 9.17) is 4.74 Å². The fraction of sp³-hybridized carbons (Fsp3) is 0.516. The van der Waals surface area contributed by atoms with Crippen molar-refractivity contribution < 1.29 is 19.1 Å². The lowest BCUT2D eigenvalue weighted by Crippen LogP contribution is -2.53. The molecule has 1 aliphatic rings. The van der Waals surface area contributed by atoms with Crippen LogP contribution in [0.2, 0.25) is 0 Å². The summed E-state index contributed by atoms with van der Waals surface area (Å²) in [6, 6.07) is 13.7. The molecule has 1 saturated carbocycles. The fourth-order valence-electron chi connectivity index (χ4n) is 5.00. The molecule has 206 valence electrons. The van der Waals surface area contributed by atoms with Gasteiger partial charge in [0.1, 0.15) is 17.7 Å². The molecule has 0 aromatic heterocycles. The summed E-state index contributed by atoms with van der Waals surface area (Å²) in [5, 5.41) is 5.99. The average Bonchev–Trinajstić information content (AvgIpc) is 2.86. The van der Waals surface area contributed by atoms with Crippen LogP contribution < -0.4 is 10.6 Å². The van der Waals surface area contributed by atoms with Crippen LogP contribution in [-0.4, -0.2) is 47.5 Å². The molecule has 7 heteroatoms. The van der Waals surface area contributed by atoms with Crippen molar-refractivity contribution in [1.82, 2.24) is 15.5 Å². The minimum absolute atomic E-state index is 0.104. The first-order valence-corrected chi connectivity index (χ1v) is 13.6. The number of hydrogen-bond acceptors (Lipinski definition) is 4. The first kappa shape index (κ1) is 29.2. The summed E-state index contributed by atoms with van der Waals surface area (Å²) in [5.41, 5.74) is 2.98. The third-order valence-electron chi connectivity index (χ3n) is 7.15. The normalized spacial score (nSPS) is 15.7. The number of hydrogen-bond donors (Lipinski definition) is 2. The van der Waals surface area contributed by atoms with Gasteiger partial charge in [0.25, 0.3) is 0 Å². The second-order valence-electron chi connectivity index (χ2n) is 11.4. The zero-order chi connectivity index (χ0) is 27.9. The lowest BCUT2D eigenvalue weighted by atomic mass is 9.92. The van der Waals surface area contributed by atoms with Gasteiger partial charge in [-0.3, -0.25) is 9.59 Å². The number of nitrogens with zero attached hydrogens (tertiary/aromatic N) is 1. The lowest BCUT2D eigenvalue weighted by molar-refractivity contribution is -0.141. The van der Waals surface area contributed by atoms with Crippen molar-refractivity contribution in [1.29, 1.82) is 0 Å². The summed E-state index contributed by atoms with van der Waals surface area (Å²) < 4.78 is 5.46. The number of aryl methyl sites for hydroxylation is 1. The van der Waals surface area contributed by atoms with Gasteiger partial charge in [-0.25, -0.2) is 4.79 Å². The third kappa shape index (κ3) is 8.07. The van der Waals surface area contributed by atoms with Crippen LogP contribution in [0.1, 0.15) is 81.2 Å². The van der Waals surface area contributed by atoms with Gasteiger partial charge in [-0.05, 0) is 69.7 Å². The van der Waals surface area contributed by atoms with Crippen LogP contribution in [0.15, 0.2) is 48.5 Å². The Kier molecular flexibility index (Phi) is 9.95. The number of likely N-dealkylation sites (N-methyl/N-ethyl adjacent to an activating group) is 1. The highest BCUT2D eigenvalue weighted by Gasteiger charge is 2.36. The van der Waals surface area contributed by atoms with E-state index in [9.17, 15) is 14.4 Å². The zero-order valence-electron chi connectivity index (χ0n) is 23.7. The molecule has 0 aliphatic heterocycles. The maximum absolute atomic E-state index is 14.0. The number of alkyl carbamates (subject to hydrolysis) is 1. The summed E-state index contributed by atoms with van der Waals surface area (Å²) >= 11 is 0. The second-order valence-corrected chi connectivity index (χ2v) is 11.4. The number of carbonyl (C=O) groups excluding carboxylic acids is 3. The van der Waals surface area contributed by atoms with E-state index in [-0.39, 0.29) is 24.3 Å². The minimum atomic E-state index is -0.910. The smallest absolute Gasteiger partial charge is 0.408 e. The fourth-order valence-corrected chi connectivity index (χ4v) is 5.00. The molecule has 2 atom stereocenters. The minimum Gasteiger partial charge on any atom is -0.444 e. The standard InChI is InChI=1S/C31H43N3O4/c1-21-14-13-19-25(22(21)2)27(28(35)32-24-17-11-8-12-18-24)34(6)29(36)26(20-23-15-9-7-10-16-23)33-30(37)38-31(3,4)5/h7,9-10,13-16,19,24,26-27H,8,11-12,17-18,20H2,1-6H3,(H,32,35)(H,33,37). The summed E-state index contributed by atoms with van der Waals surface area (Å²) in [6.45, 7) is 9.31. The quantitative estimate of drug-likeness (QED) is 0.488. The Morgan fingerprint density at radius 2 is 1.63 bits per heavy atom. The lowest BCUT2D eigenvalue weighted by Gasteiger charge is -2.34. The third-order valence-corrected chi connectivity index (χ3v) is 7.15. The summed E-state index contributed by atoms with van der Waals surface area (Å²) in [7, 11) is 1.64. The molecule has 0 saturated heterocycles. The van der Waals surface area contributed by atoms with Gasteiger partial charge < -0.3 is 20.3 Å². The van der Waals surface area contributed by atoms with Crippen LogP contribution in [0, 0.1) is 13.8 Å². The molecule has 0 heterocycles. The molecule has 0 radical (unpaired) electrons. The van der Waals surface area contributed by atoms with E-state index in [2.05, 4.69) is 10.6 Å². The maximum Gasteiger partial charge on any atom is 0.408 e. The van der Waals surface area contributed by atoms with E-state index in [0.29, 0.717) is 0 Å². The van der Waals surface area contributed by atoms with Crippen molar-refractivity contribution in [3.05, 3.63) is 70.8 Å². The number of rotatable bonds is 8. The van der Waals surface area contributed by atoms with Crippen LogP contribution >= 0.6 is 0 Å². The van der Waals surface area contributed by atoms with Gasteiger partial charge in [0.15, 0.2) is 0 Å². The molecule has 2 unspecified atom stereocenters. The molecule has 2 N–H and O–H groups in total. The predicted molar refractivity (Wildman–Crippen MR) is 150 cm³/mol. The Morgan fingerprint density at radius 3 is 2.26 bits per heavy atom. The number of ether oxygens (including phenoxy) is 1. The first-order chi connectivity index (χ1) is 18.0. The predicted octanol–water partition coefficient (Wildman–Crippen LogP) is 5.39. The molecule has 1 aliphatic carbocycles. The van der Waals surface area contributed by atoms with E-state index in [1.165, 1.54) is 11.3 Å². The van der Waals surface area contributed by atoms with Crippen molar-refractivity contribution in [2.45, 2.75) is 96.9 Å². The average molecular weight is 522 g/mol. The zero-order valence-corrected chi connectivity index (χ0v) is 23.7. The van der Waals surface area contributed by atoms with Crippen LogP contribution in [0.4, 0.5) is 4.79 Å². The Hall–Kier alpha value is -3.35. The Morgan fingerprint density at radius 1 is 0.974 bits per heavy atom. The van der Waals surface area contributed by atoms with Crippen LogP contribution in [0.5, 0.6) is 0 Å². The number of nitrogens with one attached hydrogen (secondary N) is 2. The van der Waals surface area contributed by atoms with E-state index in [1.807, 2.05) is 62.4 Å². The summed E-state index contributed by atoms with van der Waals surface area (Å²) in [6.07, 6.45) is 4.85. The van der Waals surface area contributed by atoms with Gasteiger partial charge in [0, 0.05) is 19.5 Å². The Bertz CT molecular complexity index is 1100. The summed E-state index contributed by atoms with van der Waals surface area (Å²) in [4.78, 5) is 42.0. The first-order valence-electron chi connectivity index (χ1n) is 13.6. The van der Waals surface area contributed by atoms with Crippen LogP contribution in [0.25, 0.3) is 0 Å². The number of carbonyl (C=O) groups is 3. The van der Waals surface area contributed by atoms with Crippen LogP contribution in [-0.2, 0) is 20.7 Å². The molecule has 0 bridgehead atoms. The second kappa shape index (κ2) is 12.9. The van der Waals surface area contributed by atoms with E-state index in [1.54, 1.807) is 27.8 Å². The monoisotopic (exact) mass is 521 g/mol. The van der Waals surface area contributed by atoms with Crippen molar-refractivity contribution in [2.24, 2.45) is 0 Å². The molecule has 2 aromatic rings. The molecule has 3 rings (SSSR count). The maximum atomic E-state index is 14.0. The molecule has 1 fully saturated rings. The molecular formula is C31H43N3O4. The molecule has 2 aromatic carbocycles. The van der Waals surface area contributed by atoms with Gasteiger partial charge in [0.2, 0.25) is 11.8 Å². The SMILES string of the molecule is Cc1cccc(C(C(=O)NC2CCCCC2)N(C)C(=O)C(Cc2ccccc2)NC(=O)OC(C)(C)C)c1C. The van der Waals surface area contributed by atoms with Gasteiger partial charge >= 0.3 is 6.09 Å². The van der Waals surface area contributed by atoms with Crippen LogP contribution in [0.3, 0.4) is 0 Å². The molecule has 0 spiro atoms. The largest absolute Gasteiger partial charge is 0.444 e. The van der Waals surface area contributed by atoms with Crippen molar-refractivity contribution in [3.63, 3.8) is 0 Å². The number of amides is 3. The van der Waals surface area contributed by atoms with Gasteiger partial charge in [-0.15, -0.1) is 0 Å². The van der Waals surface area contributed by atoms with Gasteiger partial charge in [-0.1, -0.05) is 67.8 Å². The molecule has 38 heavy (non-hydrogen) atoms. The highest BCUT2D eigenvalue weighted by molar-refractivity contribution is 5.92. The van der Waals surface area contributed by atoms with Gasteiger partial charge in [-0.2, -0.15) is 0 Å². The highest BCUT2D eigenvalue weighted by atomic mass is 16.6. The summed E-state index contributed by atoms with van der Waals surface area (Å²) in [5.74, 6) is -0.554. The molecular weight excluding hydrogens is 478 g/mol.